The lowest BCUT2D eigenvalue weighted by atomic mass is 10.0. The third-order valence-electron chi connectivity index (χ3n) is 5.60. The first kappa shape index (κ1) is 21.1. The maximum absolute atomic E-state index is 11.6. The molecular weight excluding hydrogens is 408 g/mol. The minimum Gasteiger partial charge on any atom is -0.469 e. The molecular formula is C24H26N4O2S. The zero-order valence-electron chi connectivity index (χ0n) is 17.7. The summed E-state index contributed by atoms with van der Waals surface area (Å²) in [5.74, 6) is -0.209. The molecule has 6 nitrogen and oxygen atoms in total. The largest absolute Gasteiger partial charge is 0.469 e. The molecule has 0 radical (unpaired) electrons. The predicted octanol–water partition coefficient (Wildman–Crippen LogP) is 4.11. The van der Waals surface area contributed by atoms with E-state index in [4.69, 9.17) is 17.0 Å². The molecule has 0 aliphatic carbocycles. The fraction of sp³-hybridized carbons (Fsp3) is 0.292. The van der Waals surface area contributed by atoms with Gasteiger partial charge in [-0.1, -0.05) is 23.8 Å². The van der Waals surface area contributed by atoms with Crippen LogP contribution in [0.5, 0.6) is 0 Å². The number of methoxy groups -OCH3 is 1. The highest BCUT2D eigenvalue weighted by Gasteiger charge is 2.41. The van der Waals surface area contributed by atoms with Crippen LogP contribution in [-0.4, -0.2) is 39.2 Å². The summed E-state index contributed by atoms with van der Waals surface area (Å²) in [6.45, 7) is 2.73. The third kappa shape index (κ3) is 4.46. The number of esters is 1. The molecule has 0 bridgehead atoms. The van der Waals surface area contributed by atoms with Gasteiger partial charge in [-0.3, -0.25) is 9.78 Å². The molecule has 1 aliphatic rings. The number of ether oxygens (including phenoxy) is 1. The summed E-state index contributed by atoms with van der Waals surface area (Å²) in [6.07, 6.45) is 4.89. The third-order valence-corrected chi connectivity index (χ3v) is 5.95. The molecule has 1 fully saturated rings. The molecule has 1 N–H and O–H groups in total. The number of aryl methyl sites for hydroxylation is 1. The number of rotatable bonds is 7. The number of thiocarbonyl (C=S) groups is 1. The number of pyridine rings is 1. The molecule has 7 heteroatoms. The summed E-state index contributed by atoms with van der Waals surface area (Å²) in [5.41, 5.74) is 4.36. The number of aromatic nitrogens is 2. The van der Waals surface area contributed by atoms with Gasteiger partial charge in [-0.2, -0.15) is 0 Å². The van der Waals surface area contributed by atoms with Crippen LogP contribution in [0.15, 0.2) is 67.0 Å². The van der Waals surface area contributed by atoms with E-state index in [9.17, 15) is 4.79 Å². The average molecular weight is 435 g/mol. The van der Waals surface area contributed by atoms with E-state index < -0.39 is 0 Å². The second-order valence-electron chi connectivity index (χ2n) is 7.64. The van der Waals surface area contributed by atoms with Crippen molar-refractivity contribution in [2.24, 2.45) is 0 Å². The van der Waals surface area contributed by atoms with Crippen LogP contribution in [0, 0.1) is 6.92 Å². The van der Waals surface area contributed by atoms with Gasteiger partial charge in [-0.05, 0) is 62.0 Å². The Labute approximate surface area is 187 Å². The minimum atomic E-state index is -0.209. The molecule has 1 aromatic carbocycles. The van der Waals surface area contributed by atoms with Gasteiger partial charge >= 0.3 is 5.97 Å². The Bertz CT molecular complexity index is 1050. The van der Waals surface area contributed by atoms with Gasteiger partial charge in [-0.15, -0.1) is 0 Å². The number of benzene rings is 1. The van der Waals surface area contributed by atoms with Crippen LogP contribution in [0.4, 0.5) is 0 Å². The van der Waals surface area contributed by atoms with Crippen molar-refractivity contribution >= 4 is 23.3 Å². The van der Waals surface area contributed by atoms with Gasteiger partial charge in [0.05, 0.1) is 24.9 Å². The van der Waals surface area contributed by atoms with Crippen LogP contribution in [0.2, 0.25) is 0 Å². The standard InChI is InChI=1S/C24H26N4O2S/c1-17-10-12-18(13-11-17)27-15-5-8-20(27)23-22(19-7-3-4-14-25-19)26-24(31)28(23)16-6-9-21(29)30-2/h3-5,7-8,10-15,22-23H,6,9,16H2,1-2H3,(H,26,31)/t22-,23+/m0/s1. The van der Waals surface area contributed by atoms with Gasteiger partial charge in [0.2, 0.25) is 0 Å². The second kappa shape index (κ2) is 9.31. The molecule has 1 aliphatic heterocycles. The molecule has 2 aromatic heterocycles. The number of hydrogen-bond acceptors (Lipinski definition) is 4. The molecule has 0 spiro atoms. The van der Waals surface area contributed by atoms with E-state index in [0.717, 1.165) is 17.1 Å². The molecule has 3 aromatic rings. The molecule has 0 unspecified atom stereocenters. The smallest absolute Gasteiger partial charge is 0.305 e. The van der Waals surface area contributed by atoms with Crippen LogP contribution in [-0.2, 0) is 9.53 Å². The van der Waals surface area contributed by atoms with Crippen LogP contribution in [0.1, 0.15) is 41.9 Å². The monoisotopic (exact) mass is 434 g/mol. The molecule has 2 atom stereocenters. The summed E-state index contributed by atoms with van der Waals surface area (Å²) < 4.78 is 7.00. The highest BCUT2D eigenvalue weighted by molar-refractivity contribution is 7.80. The number of hydrogen-bond donors (Lipinski definition) is 1. The summed E-state index contributed by atoms with van der Waals surface area (Å²) in [5, 5.41) is 4.13. The van der Waals surface area contributed by atoms with E-state index in [1.807, 2.05) is 18.2 Å². The molecule has 3 heterocycles. The molecule has 0 amide bonds. The van der Waals surface area contributed by atoms with E-state index >= 15 is 0 Å². The minimum absolute atomic E-state index is 0.0589. The molecule has 1 saturated heterocycles. The molecule has 0 saturated carbocycles. The lowest BCUT2D eigenvalue weighted by molar-refractivity contribution is -0.140. The topological polar surface area (TPSA) is 59.4 Å². The summed E-state index contributed by atoms with van der Waals surface area (Å²) in [7, 11) is 1.42. The Morgan fingerprint density at radius 3 is 2.68 bits per heavy atom. The van der Waals surface area contributed by atoms with Crippen molar-refractivity contribution in [1.82, 2.24) is 19.8 Å². The Hall–Kier alpha value is -3.19. The van der Waals surface area contributed by atoms with Crippen molar-refractivity contribution in [2.45, 2.75) is 31.8 Å². The van der Waals surface area contributed by atoms with Crippen molar-refractivity contribution in [1.29, 1.82) is 0 Å². The fourth-order valence-corrected chi connectivity index (χ4v) is 4.37. The van der Waals surface area contributed by atoms with Gasteiger partial charge in [0.25, 0.3) is 0 Å². The fourth-order valence-electron chi connectivity index (χ4n) is 4.04. The Morgan fingerprint density at radius 2 is 1.97 bits per heavy atom. The maximum Gasteiger partial charge on any atom is 0.305 e. The number of nitrogens with zero attached hydrogens (tertiary/aromatic N) is 3. The van der Waals surface area contributed by atoms with Crippen LogP contribution in [0.3, 0.4) is 0 Å². The van der Waals surface area contributed by atoms with Gasteiger partial charge < -0.3 is 19.5 Å². The van der Waals surface area contributed by atoms with Crippen molar-refractivity contribution in [3.8, 4) is 5.69 Å². The van der Waals surface area contributed by atoms with E-state index in [2.05, 4.69) is 69.3 Å². The number of carbonyl (C=O) groups excluding carboxylic acids is 1. The van der Waals surface area contributed by atoms with E-state index in [1.54, 1.807) is 6.20 Å². The first-order chi connectivity index (χ1) is 15.1. The quantitative estimate of drug-likeness (QED) is 0.446. The highest BCUT2D eigenvalue weighted by Crippen LogP contribution is 2.39. The van der Waals surface area contributed by atoms with Crippen LogP contribution >= 0.6 is 12.2 Å². The summed E-state index contributed by atoms with van der Waals surface area (Å²) in [6, 6.07) is 18.4. The van der Waals surface area contributed by atoms with Gasteiger partial charge in [0.1, 0.15) is 0 Å². The van der Waals surface area contributed by atoms with E-state index in [-0.39, 0.29) is 18.1 Å². The van der Waals surface area contributed by atoms with E-state index in [0.29, 0.717) is 24.5 Å². The predicted molar refractivity (Wildman–Crippen MR) is 124 cm³/mol. The zero-order chi connectivity index (χ0) is 21.8. The lowest BCUT2D eigenvalue weighted by Crippen LogP contribution is -2.31. The van der Waals surface area contributed by atoms with Gasteiger partial charge in [-0.25, -0.2) is 0 Å². The first-order valence-electron chi connectivity index (χ1n) is 10.4. The first-order valence-corrected chi connectivity index (χ1v) is 10.8. The lowest BCUT2D eigenvalue weighted by Gasteiger charge is -2.29. The Kier molecular flexibility index (Phi) is 6.32. The average Bonchev–Trinajstić information content (AvgIpc) is 3.39. The van der Waals surface area contributed by atoms with Crippen molar-refractivity contribution in [3.63, 3.8) is 0 Å². The summed E-state index contributed by atoms with van der Waals surface area (Å²) >= 11 is 5.71. The van der Waals surface area contributed by atoms with Gasteiger partial charge in [0, 0.05) is 36.7 Å². The maximum atomic E-state index is 11.6. The zero-order valence-corrected chi connectivity index (χ0v) is 18.5. The number of carbonyl (C=O) groups is 1. The van der Waals surface area contributed by atoms with E-state index in [1.165, 1.54) is 12.7 Å². The highest BCUT2D eigenvalue weighted by atomic mass is 32.1. The molecule has 160 valence electrons. The second-order valence-corrected chi connectivity index (χ2v) is 8.02. The van der Waals surface area contributed by atoms with Crippen LogP contribution < -0.4 is 5.32 Å². The van der Waals surface area contributed by atoms with Crippen molar-refractivity contribution in [3.05, 3.63) is 83.9 Å². The SMILES string of the molecule is COC(=O)CCCN1C(=S)N[C@@H](c2ccccn2)[C@H]1c1cccn1-c1ccc(C)cc1. The summed E-state index contributed by atoms with van der Waals surface area (Å²) in [4.78, 5) is 18.4. The number of nitrogens with one attached hydrogen (secondary N) is 1. The van der Waals surface area contributed by atoms with Gasteiger partial charge in [0.15, 0.2) is 5.11 Å². The normalized spacial score (nSPS) is 18.1. The van der Waals surface area contributed by atoms with Crippen LogP contribution in [0.25, 0.3) is 5.69 Å². The molecule has 4 rings (SSSR count). The van der Waals surface area contributed by atoms with Crippen molar-refractivity contribution < 1.29 is 9.53 Å². The Balaban J connectivity index is 1.70. The Morgan fingerprint density at radius 1 is 1.16 bits per heavy atom. The van der Waals surface area contributed by atoms with Crippen molar-refractivity contribution in [2.75, 3.05) is 13.7 Å². The molecule has 31 heavy (non-hydrogen) atoms.